The van der Waals surface area contributed by atoms with Crippen molar-refractivity contribution in [3.63, 3.8) is 0 Å². The zero-order valence-electron chi connectivity index (χ0n) is 12.1. The normalized spacial score (nSPS) is 45.4. The quantitative estimate of drug-likeness (QED) is 0.773. The van der Waals surface area contributed by atoms with Gasteiger partial charge in [-0.05, 0) is 81.6 Å². The van der Waals surface area contributed by atoms with Crippen molar-refractivity contribution >= 4 is 0 Å². The van der Waals surface area contributed by atoms with Crippen LogP contribution in [-0.4, -0.2) is 25.0 Å². The molecule has 5 aliphatic carbocycles. The van der Waals surface area contributed by atoms with Crippen molar-refractivity contribution in [1.82, 2.24) is 4.90 Å². The van der Waals surface area contributed by atoms with E-state index < -0.39 is 0 Å². The third-order valence-corrected chi connectivity index (χ3v) is 6.61. The Bertz CT molecular complexity index is 376. The minimum absolute atomic E-state index is 0.0423. The van der Waals surface area contributed by atoms with E-state index in [0.717, 1.165) is 49.0 Å². The standard InChI is InChI=1S/C17H26N2/c1-19(11-17(10-18)2-3-17)9-16-14-5-12-4-13(7-14)8-15(16)6-12/h12-16H,2-9,11H2,1H3. The summed E-state index contributed by atoms with van der Waals surface area (Å²) < 4.78 is 0. The molecule has 0 aromatic rings. The number of nitrogens with zero attached hydrogens (tertiary/aromatic N) is 2. The second kappa shape index (κ2) is 4.22. The van der Waals surface area contributed by atoms with Crippen LogP contribution in [0.2, 0.25) is 0 Å². The lowest BCUT2D eigenvalue weighted by molar-refractivity contribution is -0.0475. The van der Waals surface area contributed by atoms with E-state index in [2.05, 4.69) is 18.0 Å². The van der Waals surface area contributed by atoms with Gasteiger partial charge in [0.15, 0.2) is 0 Å². The molecule has 0 N–H and O–H groups in total. The van der Waals surface area contributed by atoms with Gasteiger partial charge < -0.3 is 4.90 Å². The summed E-state index contributed by atoms with van der Waals surface area (Å²) in [4.78, 5) is 2.49. The van der Waals surface area contributed by atoms with Gasteiger partial charge in [0.05, 0.1) is 11.5 Å². The molecule has 4 bridgehead atoms. The number of hydrogen-bond acceptors (Lipinski definition) is 2. The highest BCUT2D eigenvalue weighted by Gasteiger charge is 2.49. The first-order valence-corrected chi connectivity index (χ1v) is 8.27. The van der Waals surface area contributed by atoms with Crippen LogP contribution in [0.5, 0.6) is 0 Å². The van der Waals surface area contributed by atoms with Crippen molar-refractivity contribution in [2.45, 2.75) is 44.9 Å². The molecule has 5 saturated carbocycles. The van der Waals surface area contributed by atoms with Gasteiger partial charge in [0.25, 0.3) is 0 Å². The van der Waals surface area contributed by atoms with E-state index in [1.807, 2.05) is 0 Å². The van der Waals surface area contributed by atoms with Crippen LogP contribution in [0, 0.1) is 46.3 Å². The fraction of sp³-hybridized carbons (Fsp3) is 0.941. The predicted octanol–water partition coefficient (Wildman–Crippen LogP) is 3.29. The van der Waals surface area contributed by atoms with Gasteiger partial charge in [0.1, 0.15) is 0 Å². The van der Waals surface area contributed by atoms with E-state index in [1.54, 1.807) is 6.42 Å². The highest BCUT2D eigenvalue weighted by Crippen LogP contribution is 2.56. The van der Waals surface area contributed by atoms with E-state index in [4.69, 9.17) is 0 Å². The van der Waals surface area contributed by atoms with Gasteiger partial charge in [-0.1, -0.05) is 0 Å². The predicted molar refractivity (Wildman–Crippen MR) is 75.3 cm³/mol. The minimum Gasteiger partial charge on any atom is -0.304 e. The van der Waals surface area contributed by atoms with Crippen molar-refractivity contribution in [3.05, 3.63) is 0 Å². The maximum Gasteiger partial charge on any atom is 0.0703 e. The Morgan fingerprint density at radius 3 is 2.11 bits per heavy atom. The van der Waals surface area contributed by atoms with E-state index in [-0.39, 0.29) is 5.41 Å². The van der Waals surface area contributed by atoms with Gasteiger partial charge in [0, 0.05) is 13.1 Å². The highest BCUT2D eigenvalue weighted by molar-refractivity contribution is 5.11. The molecule has 104 valence electrons. The lowest BCUT2D eigenvalue weighted by Gasteiger charge is -2.55. The first-order valence-electron chi connectivity index (χ1n) is 8.27. The fourth-order valence-corrected chi connectivity index (χ4v) is 5.73. The Morgan fingerprint density at radius 2 is 1.63 bits per heavy atom. The zero-order chi connectivity index (χ0) is 13.0. The Hall–Kier alpha value is -0.550. The van der Waals surface area contributed by atoms with Crippen molar-refractivity contribution < 1.29 is 0 Å². The molecule has 2 heteroatoms. The molecule has 19 heavy (non-hydrogen) atoms. The van der Waals surface area contributed by atoms with Crippen molar-refractivity contribution in [2.75, 3.05) is 20.1 Å². The molecule has 0 atom stereocenters. The van der Waals surface area contributed by atoms with Gasteiger partial charge >= 0.3 is 0 Å². The van der Waals surface area contributed by atoms with E-state index in [9.17, 15) is 5.26 Å². The van der Waals surface area contributed by atoms with E-state index in [1.165, 1.54) is 32.2 Å². The monoisotopic (exact) mass is 258 g/mol. The van der Waals surface area contributed by atoms with E-state index >= 15 is 0 Å². The SMILES string of the molecule is CN(CC1C2CC3CC(C2)CC1C3)CC1(C#N)CC1. The molecular formula is C17H26N2. The van der Waals surface area contributed by atoms with Crippen molar-refractivity contribution in [2.24, 2.45) is 35.0 Å². The molecule has 0 radical (unpaired) electrons. The minimum atomic E-state index is 0.0423. The number of nitriles is 1. The molecule has 0 aromatic carbocycles. The molecule has 0 amide bonds. The van der Waals surface area contributed by atoms with Gasteiger partial charge in [-0.15, -0.1) is 0 Å². The van der Waals surface area contributed by atoms with Crippen LogP contribution in [0.1, 0.15) is 44.9 Å². The lowest BCUT2D eigenvalue weighted by atomic mass is 9.52. The molecule has 0 aromatic heterocycles. The van der Waals surface area contributed by atoms with Gasteiger partial charge in [-0.2, -0.15) is 5.26 Å². The summed E-state index contributed by atoms with van der Waals surface area (Å²) in [5.74, 6) is 5.16. The maximum atomic E-state index is 9.24. The second-order valence-corrected chi connectivity index (χ2v) is 8.18. The molecule has 5 fully saturated rings. The Kier molecular flexibility index (Phi) is 2.71. The Balaban J connectivity index is 1.39. The van der Waals surface area contributed by atoms with Crippen LogP contribution in [-0.2, 0) is 0 Å². The molecule has 2 nitrogen and oxygen atoms in total. The smallest absolute Gasteiger partial charge is 0.0703 e. The Morgan fingerprint density at radius 1 is 1.05 bits per heavy atom. The summed E-state index contributed by atoms with van der Waals surface area (Å²) in [6, 6.07) is 2.54. The van der Waals surface area contributed by atoms with Crippen LogP contribution in [0.25, 0.3) is 0 Å². The Labute approximate surface area is 117 Å². The summed E-state index contributed by atoms with van der Waals surface area (Å²) >= 11 is 0. The molecule has 0 saturated heterocycles. The van der Waals surface area contributed by atoms with Crippen molar-refractivity contribution in [3.8, 4) is 6.07 Å². The zero-order valence-corrected chi connectivity index (χ0v) is 12.1. The molecule has 5 rings (SSSR count). The topological polar surface area (TPSA) is 27.0 Å². The first-order chi connectivity index (χ1) is 9.17. The van der Waals surface area contributed by atoms with Gasteiger partial charge in [-0.25, -0.2) is 0 Å². The molecular weight excluding hydrogens is 232 g/mol. The van der Waals surface area contributed by atoms with Crippen LogP contribution in [0.4, 0.5) is 0 Å². The second-order valence-electron chi connectivity index (χ2n) is 8.18. The largest absolute Gasteiger partial charge is 0.304 e. The molecule has 0 unspecified atom stereocenters. The lowest BCUT2D eigenvalue weighted by Crippen LogP contribution is -2.49. The molecule has 5 aliphatic rings. The third kappa shape index (κ3) is 2.11. The maximum absolute atomic E-state index is 9.24. The summed E-state index contributed by atoms with van der Waals surface area (Å²) in [6.07, 6.45) is 9.91. The van der Waals surface area contributed by atoms with E-state index in [0.29, 0.717) is 0 Å². The van der Waals surface area contributed by atoms with Gasteiger partial charge in [0.2, 0.25) is 0 Å². The summed E-state index contributed by atoms with van der Waals surface area (Å²) in [7, 11) is 2.25. The van der Waals surface area contributed by atoms with Crippen molar-refractivity contribution in [1.29, 1.82) is 5.26 Å². The average Bonchev–Trinajstić information content (AvgIpc) is 3.13. The summed E-state index contributed by atoms with van der Waals surface area (Å²) in [5, 5.41) is 9.24. The number of rotatable bonds is 4. The highest BCUT2D eigenvalue weighted by atomic mass is 15.1. The molecule has 0 aliphatic heterocycles. The summed E-state index contributed by atoms with van der Waals surface area (Å²) in [6.45, 7) is 2.28. The fourth-order valence-electron chi connectivity index (χ4n) is 5.73. The van der Waals surface area contributed by atoms with Gasteiger partial charge in [-0.3, -0.25) is 0 Å². The van der Waals surface area contributed by atoms with Crippen LogP contribution < -0.4 is 0 Å². The van der Waals surface area contributed by atoms with Crippen LogP contribution >= 0.6 is 0 Å². The third-order valence-electron chi connectivity index (χ3n) is 6.61. The average molecular weight is 258 g/mol. The molecule has 0 spiro atoms. The summed E-state index contributed by atoms with van der Waals surface area (Å²) in [5.41, 5.74) is 0.0423. The number of hydrogen-bond donors (Lipinski definition) is 0. The van der Waals surface area contributed by atoms with Crippen LogP contribution in [0.15, 0.2) is 0 Å². The van der Waals surface area contributed by atoms with Crippen LogP contribution in [0.3, 0.4) is 0 Å². The molecule has 0 heterocycles. The first kappa shape index (κ1) is 12.2.